The minimum atomic E-state index is -3.93. The summed E-state index contributed by atoms with van der Waals surface area (Å²) in [6.07, 6.45) is 0. The second kappa shape index (κ2) is 5.87. The predicted octanol–water partition coefficient (Wildman–Crippen LogP) is 2.48. The molecule has 1 aromatic rings. The number of rotatable bonds is 2. The van der Waals surface area contributed by atoms with Crippen LogP contribution in [0.25, 0.3) is 0 Å². The highest BCUT2D eigenvalue weighted by Crippen LogP contribution is 2.31. The van der Waals surface area contributed by atoms with Gasteiger partial charge in [-0.05, 0) is 39.9 Å². The van der Waals surface area contributed by atoms with Crippen molar-refractivity contribution in [3.63, 3.8) is 0 Å². The number of carbonyl (C=O) groups excluding carboxylic acids is 1. The van der Waals surface area contributed by atoms with E-state index in [1.807, 2.05) is 0 Å². The fourth-order valence-corrected chi connectivity index (χ4v) is 4.39. The van der Waals surface area contributed by atoms with Gasteiger partial charge in [0.15, 0.2) is 0 Å². The van der Waals surface area contributed by atoms with E-state index >= 15 is 0 Å². The van der Waals surface area contributed by atoms with E-state index in [1.54, 1.807) is 4.90 Å². The van der Waals surface area contributed by atoms with Gasteiger partial charge in [-0.2, -0.15) is 0 Å². The standard InChI is InChI=1S/C13H16BrClN2O3S/c1-7-5-17(6-8(7)2)13(18)9-3-12(21(16,19)20)10(14)4-11(9)15/h3-4,7-8H,5-6H2,1-2H3,(H2,16,19,20). The van der Waals surface area contributed by atoms with Crippen molar-refractivity contribution in [3.8, 4) is 0 Å². The lowest BCUT2D eigenvalue weighted by Crippen LogP contribution is -2.29. The number of halogens is 2. The SMILES string of the molecule is CC1CN(C(=O)c2cc(S(N)(=O)=O)c(Br)cc2Cl)CC1C. The molecule has 1 aromatic carbocycles. The summed E-state index contributed by atoms with van der Waals surface area (Å²) in [6.45, 7) is 5.43. The van der Waals surface area contributed by atoms with Crippen LogP contribution < -0.4 is 5.14 Å². The van der Waals surface area contributed by atoms with E-state index in [2.05, 4.69) is 29.8 Å². The number of amides is 1. The molecule has 0 aliphatic carbocycles. The quantitative estimate of drug-likeness (QED) is 0.835. The fourth-order valence-electron chi connectivity index (χ4n) is 2.38. The maximum atomic E-state index is 12.5. The molecule has 2 rings (SSSR count). The van der Waals surface area contributed by atoms with Gasteiger partial charge in [-0.1, -0.05) is 25.4 Å². The van der Waals surface area contributed by atoms with Crippen molar-refractivity contribution in [1.82, 2.24) is 4.90 Å². The lowest BCUT2D eigenvalue weighted by Gasteiger charge is -2.17. The van der Waals surface area contributed by atoms with Gasteiger partial charge < -0.3 is 4.90 Å². The van der Waals surface area contributed by atoms with Crippen molar-refractivity contribution >= 4 is 43.5 Å². The van der Waals surface area contributed by atoms with Crippen LogP contribution in [0.4, 0.5) is 0 Å². The van der Waals surface area contributed by atoms with Crippen molar-refractivity contribution in [2.24, 2.45) is 17.0 Å². The van der Waals surface area contributed by atoms with Crippen LogP contribution in [0.1, 0.15) is 24.2 Å². The highest BCUT2D eigenvalue weighted by Gasteiger charge is 2.31. The van der Waals surface area contributed by atoms with E-state index in [1.165, 1.54) is 12.1 Å². The van der Waals surface area contributed by atoms with Crippen LogP contribution in [0.5, 0.6) is 0 Å². The first-order valence-electron chi connectivity index (χ1n) is 6.42. The largest absolute Gasteiger partial charge is 0.338 e. The first-order chi connectivity index (χ1) is 9.61. The Labute approximate surface area is 137 Å². The highest BCUT2D eigenvalue weighted by atomic mass is 79.9. The average molecular weight is 396 g/mol. The average Bonchev–Trinajstić information content (AvgIpc) is 2.67. The minimum Gasteiger partial charge on any atom is -0.338 e. The van der Waals surface area contributed by atoms with Gasteiger partial charge in [0, 0.05) is 17.6 Å². The molecule has 0 bridgehead atoms. The van der Waals surface area contributed by atoms with Crippen molar-refractivity contribution < 1.29 is 13.2 Å². The molecular formula is C13H16BrClN2O3S. The zero-order valence-electron chi connectivity index (χ0n) is 11.6. The topological polar surface area (TPSA) is 80.5 Å². The lowest BCUT2D eigenvalue weighted by molar-refractivity contribution is 0.0785. The fraction of sp³-hybridized carbons (Fsp3) is 0.462. The first kappa shape index (κ1) is 16.7. The Morgan fingerprint density at radius 2 is 1.86 bits per heavy atom. The normalized spacial score (nSPS) is 22.6. The second-order valence-electron chi connectivity index (χ2n) is 5.47. The molecule has 5 nitrogen and oxygen atoms in total. The monoisotopic (exact) mass is 394 g/mol. The molecule has 8 heteroatoms. The molecule has 0 spiro atoms. The zero-order chi connectivity index (χ0) is 15.9. The highest BCUT2D eigenvalue weighted by molar-refractivity contribution is 9.10. The number of sulfonamides is 1. The van der Waals surface area contributed by atoms with Gasteiger partial charge in [-0.25, -0.2) is 13.6 Å². The Morgan fingerprint density at radius 1 is 1.33 bits per heavy atom. The van der Waals surface area contributed by atoms with Crippen LogP contribution in [0.15, 0.2) is 21.5 Å². The number of hydrogen-bond acceptors (Lipinski definition) is 3. The first-order valence-corrected chi connectivity index (χ1v) is 9.14. The maximum absolute atomic E-state index is 12.5. The number of primary sulfonamides is 1. The number of nitrogens with zero attached hydrogens (tertiary/aromatic N) is 1. The number of carbonyl (C=O) groups is 1. The molecule has 0 aromatic heterocycles. The van der Waals surface area contributed by atoms with Crippen molar-refractivity contribution in [2.45, 2.75) is 18.7 Å². The van der Waals surface area contributed by atoms with E-state index in [0.29, 0.717) is 24.9 Å². The molecule has 0 radical (unpaired) electrons. The molecule has 2 N–H and O–H groups in total. The lowest BCUT2D eigenvalue weighted by atomic mass is 10.0. The smallest absolute Gasteiger partial charge is 0.255 e. The van der Waals surface area contributed by atoms with Gasteiger partial charge in [-0.15, -0.1) is 0 Å². The van der Waals surface area contributed by atoms with Crippen LogP contribution in [0.2, 0.25) is 5.02 Å². The van der Waals surface area contributed by atoms with Crippen molar-refractivity contribution in [3.05, 3.63) is 27.2 Å². The van der Waals surface area contributed by atoms with Crippen LogP contribution >= 0.6 is 27.5 Å². The molecule has 2 unspecified atom stereocenters. The number of nitrogens with two attached hydrogens (primary N) is 1. The summed E-state index contributed by atoms with van der Waals surface area (Å²) in [4.78, 5) is 14.1. The summed E-state index contributed by atoms with van der Waals surface area (Å²) in [7, 11) is -3.93. The van der Waals surface area contributed by atoms with E-state index in [9.17, 15) is 13.2 Å². The third kappa shape index (κ3) is 3.41. The van der Waals surface area contributed by atoms with E-state index in [-0.39, 0.29) is 25.9 Å². The number of benzene rings is 1. The van der Waals surface area contributed by atoms with E-state index in [4.69, 9.17) is 16.7 Å². The molecule has 1 aliphatic heterocycles. The second-order valence-corrected chi connectivity index (χ2v) is 8.26. The molecule has 1 aliphatic rings. The minimum absolute atomic E-state index is 0.143. The summed E-state index contributed by atoms with van der Waals surface area (Å²) in [5.74, 6) is 0.537. The van der Waals surface area contributed by atoms with Gasteiger partial charge in [0.25, 0.3) is 5.91 Å². The molecule has 1 fully saturated rings. The molecular weight excluding hydrogens is 380 g/mol. The Morgan fingerprint density at radius 3 is 2.33 bits per heavy atom. The van der Waals surface area contributed by atoms with Gasteiger partial charge in [0.05, 0.1) is 15.5 Å². The van der Waals surface area contributed by atoms with E-state index in [0.717, 1.165) is 0 Å². The summed E-state index contributed by atoms with van der Waals surface area (Å²) in [5, 5.41) is 5.35. The van der Waals surface area contributed by atoms with Gasteiger partial charge in [0.1, 0.15) is 0 Å². The molecule has 116 valence electrons. The summed E-state index contributed by atoms with van der Waals surface area (Å²) in [6, 6.07) is 2.62. The summed E-state index contributed by atoms with van der Waals surface area (Å²) in [5.41, 5.74) is 0.158. The Bertz CT molecular complexity index is 683. The van der Waals surface area contributed by atoms with Gasteiger partial charge in [0.2, 0.25) is 10.0 Å². The van der Waals surface area contributed by atoms with E-state index < -0.39 is 10.0 Å². The molecule has 0 saturated carbocycles. The molecule has 21 heavy (non-hydrogen) atoms. The summed E-state index contributed by atoms with van der Waals surface area (Å²) >= 11 is 9.18. The van der Waals surface area contributed by atoms with Crippen LogP contribution in [-0.2, 0) is 10.0 Å². The van der Waals surface area contributed by atoms with Crippen molar-refractivity contribution in [2.75, 3.05) is 13.1 Å². The van der Waals surface area contributed by atoms with Crippen LogP contribution in [-0.4, -0.2) is 32.3 Å². The number of hydrogen-bond donors (Lipinski definition) is 1. The molecule has 2 atom stereocenters. The predicted molar refractivity (Wildman–Crippen MR) is 84.8 cm³/mol. The Balaban J connectivity index is 2.43. The maximum Gasteiger partial charge on any atom is 0.255 e. The zero-order valence-corrected chi connectivity index (χ0v) is 14.8. The third-order valence-corrected chi connectivity index (χ3v) is 6.02. The molecule has 1 heterocycles. The van der Waals surface area contributed by atoms with Crippen LogP contribution in [0, 0.1) is 11.8 Å². The van der Waals surface area contributed by atoms with Gasteiger partial charge >= 0.3 is 0 Å². The molecule has 1 amide bonds. The molecule has 1 saturated heterocycles. The Kier molecular flexibility index (Phi) is 4.68. The third-order valence-electron chi connectivity index (χ3n) is 3.83. The van der Waals surface area contributed by atoms with Gasteiger partial charge in [-0.3, -0.25) is 4.79 Å². The Hall–Kier alpha value is -0.630. The summed E-state index contributed by atoms with van der Waals surface area (Å²) < 4.78 is 23.3. The van der Waals surface area contributed by atoms with Crippen molar-refractivity contribution in [1.29, 1.82) is 0 Å². The van der Waals surface area contributed by atoms with Crippen LogP contribution in [0.3, 0.4) is 0 Å². The number of likely N-dealkylation sites (tertiary alicyclic amines) is 1.